The molecule has 0 spiro atoms. The number of ether oxygens (including phenoxy) is 1. The second-order valence-corrected chi connectivity index (χ2v) is 5.48. The highest BCUT2D eigenvalue weighted by molar-refractivity contribution is 6.05. The minimum atomic E-state index is -0.265. The van der Waals surface area contributed by atoms with E-state index in [1.807, 2.05) is 32.0 Å². The van der Waals surface area contributed by atoms with Crippen LogP contribution in [0.4, 0.5) is 5.95 Å². The van der Waals surface area contributed by atoms with Crippen molar-refractivity contribution in [3.8, 4) is 5.75 Å². The number of carbonyl (C=O) groups is 2. The van der Waals surface area contributed by atoms with Gasteiger partial charge in [0, 0.05) is 18.2 Å². The lowest BCUT2D eigenvalue weighted by Crippen LogP contribution is -2.43. The van der Waals surface area contributed by atoms with Gasteiger partial charge < -0.3 is 4.74 Å². The van der Waals surface area contributed by atoms with Crippen LogP contribution in [0.25, 0.3) is 10.9 Å². The third kappa shape index (κ3) is 4.98. The van der Waals surface area contributed by atoms with Crippen LogP contribution in [-0.2, 0) is 9.59 Å². The van der Waals surface area contributed by atoms with Crippen molar-refractivity contribution in [2.45, 2.75) is 40.5 Å². The zero-order valence-electron chi connectivity index (χ0n) is 15.4. The number of aryl methyl sites for hydroxylation is 1. The molecule has 1 aromatic carbocycles. The van der Waals surface area contributed by atoms with Crippen LogP contribution in [0.5, 0.6) is 5.75 Å². The molecule has 2 amide bonds. The van der Waals surface area contributed by atoms with Gasteiger partial charge in [0.15, 0.2) is 0 Å². The molecule has 8 heteroatoms. The second-order valence-electron chi connectivity index (χ2n) is 5.48. The van der Waals surface area contributed by atoms with E-state index in [0.29, 0.717) is 12.1 Å². The molecular formula is C18H23N5O3. The monoisotopic (exact) mass is 357 g/mol. The van der Waals surface area contributed by atoms with E-state index >= 15 is 0 Å². The van der Waals surface area contributed by atoms with Gasteiger partial charge in [0.25, 0.3) is 5.95 Å². The van der Waals surface area contributed by atoms with Gasteiger partial charge in [-0.15, -0.1) is 0 Å². The average Bonchev–Trinajstić information content (AvgIpc) is 2.62. The average molecular weight is 357 g/mol. The first kappa shape index (κ1) is 19.3. The van der Waals surface area contributed by atoms with Crippen LogP contribution >= 0.6 is 0 Å². The summed E-state index contributed by atoms with van der Waals surface area (Å²) in [5.41, 5.74) is 1.42. The molecule has 0 radical (unpaired) electrons. The summed E-state index contributed by atoms with van der Waals surface area (Å²) < 4.78 is 5.50. The number of carbonyl (C=O) groups excluding carboxylic acids is 2. The van der Waals surface area contributed by atoms with Crippen molar-refractivity contribution in [2.24, 2.45) is 4.99 Å². The maximum absolute atomic E-state index is 11.7. The Balaban J connectivity index is 2.41. The normalized spacial score (nSPS) is 10.3. The fourth-order valence-electron chi connectivity index (χ4n) is 2.18. The Labute approximate surface area is 152 Å². The number of benzene rings is 1. The summed E-state index contributed by atoms with van der Waals surface area (Å²) in [7, 11) is 0. The van der Waals surface area contributed by atoms with Crippen molar-refractivity contribution < 1.29 is 14.3 Å². The number of hydrogen-bond donors (Lipinski definition) is 2. The predicted molar refractivity (Wildman–Crippen MR) is 99.4 cm³/mol. The third-order valence-corrected chi connectivity index (χ3v) is 3.53. The first-order valence-electron chi connectivity index (χ1n) is 8.56. The number of nitrogens with zero attached hydrogens (tertiary/aromatic N) is 3. The smallest absolute Gasteiger partial charge is 0.253 e. The second kappa shape index (κ2) is 8.89. The van der Waals surface area contributed by atoms with Crippen molar-refractivity contribution in [3.63, 3.8) is 0 Å². The Morgan fingerprint density at radius 3 is 2.31 bits per heavy atom. The van der Waals surface area contributed by atoms with Crippen LogP contribution in [-0.4, -0.2) is 34.3 Å². The van der Waals surface area contributed by atoms with Gasteiger partial charge in [0.1, 0.15) is 5.75 Å². The lowest BCUT2D eigenvalue weighted by molar-refractivity contribution is -0.119. The number of aromatic nitrogens is 2. The topological polar surface area (TPSA) is 106 Å². The van der Waals surface area contributed by atoms with Gasteiger partial charge in [-0.2, -0.15) is 4.99 Å². The number of hydrogen-bond acceptors (Lipinski definition) is 6. The quantitative estimate of drug-likeness (QED) is 0.631. The molecule has 1 aromatic heterocycles. The van der Waals surface area contributed by atoms with Crippen molar-refractivity contribution in [1.82, 2.24) is 20.6 Å². The van der Waals surface area contributed by atoms with Gasteiger partial charge in [-0.3, -0.25) is 20.2 Å². The molecule has 2 N–H and O–H groups in total. The maximum atomic E-state index is 11.7. The van der Waals surface area contributed by atoms with Crippen molar-refractivity contribution >= 4 is 34.6 Å². The summed E-state index contributed by atoms with van der Waals surface area (Å²) in [5.74, 6) is 0.391. The van der Waals surface area contributed by atoms with Crippen LogP contribution in [0.1, 0.15) is 39.3 Å². The molecule has 0 bridgehead atoms. The van der Waals surface area contributed by atoms with Gasteiger partial charge >= 0.3 is 0 Å². The summed E-state index contributed by atoms with van der Waals surface area (Å²) in [5, 5.41) is 5.96. The minimum Gasteiger partial charge on any atom is -0.494 e. The highest BCUT2D eigenvalue weighted by Gasteiger charge is 2.11. The first-order valence-corrected chi connectivity index (χ1v) is 8.56. The van der Waals surface area contributed by atoms with E-state index in [0.717, 1.165) is 16.8 Å². The molecule has 0 saturated heterocycles. The van der Waals surface area contributed by atoms with E-state index in [2.05, 4.69) is 25.6 Å². The van der Waals surface area contributed by atoms with E-state index < -0.39 is 0 Å². The molecule has 0 unspecified atom stereocenters. The maximum Gasteiger partial charge on any atom is 0.253 e. The van der Waals surface area contributed by atoms with E-state index in [-0.39, 0.29) is 36.6 Å². The van der Waals surface area contributed by atoms with Crippen molar-refractivity contribution in [1.29, 1.82) is 0 Å². The Hall–Kier alpha value is -3.03. The summed E-state index contributed by atoms with van der Waals surface area (Å²) in [6, 6.07) is 5.52. The Bertz CT molecular complexity index is 828. The molecule has 0 aliphatic heterocycles. The molecule has 0 atom stereocenters. The third-order valence-electron chi connectivity index (χ3n) is 3.53. The number of amides is 2. The highest BCUT2D eigenvalue weighted by atomic mass is 16.5. The molecule has 138 valence electrons. The van der Waals surface area contributed by atoms with Crippen LogP contribution < -0.4 is 15.4 Å². The standard InChI is InChI=1S/C18H23N5O3/c1-5-15(24)21-18(22-16(25)6-2)23-17-19-11(4)13-10-12(26-7-3)8-9-14(13)20-17/h8-10H,5-7H2,1-4H3,(H2,19,20,21,22,23,24,25). The molecule has 1 heterocycles. The van der Waals surface area contributed by atoms with Crippen LogP contribution in [0.2, 0.25) is 0 Å². The van der Waals surface area contributed by atoms with Gasteiger partial charge in [-0.05, 0) is 32.0 Å². The zero-order valence-corrected chi connectivity index (χ0v) is 15.4. The van der Waals surface area contributed by atoms with E-state index in [4.69, 9.17) is 4.74 Å². The fraction of sp³-hybridized carbons (Fsp3) is 0.389. The summed E-state index contributed by atoms with van der Waals surface area (Å²) in [6.45, 7) is 7.75. The predicted octanol–water partition coefficient (Wildman–Crippen LogP) is 2.38. The van der Waals surface area contributed by atoms with Crippen molar-refractivity contribution in [3.05, 3.63) is 23.9 Å². The lowest BCUT2D eigenvalue weighted by atomic mass is 10.2. The molecule has 0 aliphatic rings. The van der Waals surface area contributed by atoms with E-state index in [1.54, 1.807) is 13.8 Å². The Morgan fingerprint density at radius 2 is 1.73 bits per heavy atom. The Kier molecular flexibility index (Phi) is 6.60. The van der Waals surface area contributed by atoms with E-state index in [1.165, 1.54) is 0 Å². The molecule has 2 aromatic rings. The van der Waals surface area contributed by atoms with Gasteiger partial charge in [-0.1, -0.05) is 13.8 Å². The SMILES string of the molecule is CCOc1ccc2nc(N=C(NC(=O)CC)NC(=O)CC)nc(C)c2c1. The Morgan fingerprint density at radius 1 is 1.08 bits per heavy atom. The summed E-state index contributed by atoms with van der Waals surface area (Å²) >= 11 is 0. The zero-order chi connectivity index (χ0) is 19.1. The number of fused-ring (bicyclic) bond motifs is 1. The van der Waals surface area contributed by atoms with E-state index in [9.17, 15) is 9.59 Å². The van der Waals surface area contributed by atoms with Crippen LogP contribution in [0.3, 0.4) is 0 Å². The first-order chi connectivity index (χ1) is 12.5. The number of guanidine groups is 1. The minimum absolute atomic E-state index is 0.0217. The van der Waals surface area contributed by atoms with Gasteiger partial charge in [0.2, 0.25) is 17.8 Å². The molecular weight excluding hydrogens is 334 g/mol. The summed E-state index contributed by atoms with van der Waals surface area (Å²) in [6.07, 6.45) is 0.525. The summed E-state index contributed by atoms with van der Waals surface area (Å²) in [4.78, 5) is 36.3. The van der Waals surface area contributed by atoms with Crippen LogP contribution in [0.15, 0.2) is 23.2 Å². The largest absolute Gasteiger partial charge is 0.494 e. The number of rotatable bonds is 5. The number of nitrogens with one attached hydrogen (secondary N) is 2. The highest BCUT2D eigenvalue weighted by Crippen LogP contribution is 2.23. The van der Waals surface area contributed by atoms with Gasteiger partial charge in [0.05, 0.1) is 17.8 Å². The van der Waals surface area contributed by atoms with Crippen LogP contribution in [0, 0.1) is 6.92 Å². The molecule has 2 rings (SSSR count). The molecule has 0 saturated carbocycles. The van der Waals surface area contributed by atoms with Crippen molar-refractivity contribution in [2.75, 3.05) is 6.61 Å². The molecule has 0 fully saturated rings. The lowest BCUT2D eigenvalue weighted by Gasteiger charge is -2.10. The molecule has 26 heavy (non-hydrogen) atoms. The fourth-order valence-corrected chi connectivity index (χ4v) is 2.18. The number of aliphatic imine (C=N–C) groups is 1. The molecule has 8 nitrogen and oxygen atoms in total. The molecule has 0 aliphatic carbocycles. The van der Waals surface area contributed by atoms with Gasteiger partial charge in [-0.25, -0.2) is 9.97 Å².